The summed E-state index contributed by atoms with van der Waals surface area (Å²) in [6, 6.07) is 6.98. The molecule has 0 saturated heterocycles. The molecule has 1 heterocycles. The van der Waals surface area contributed by atoms with Crippen LogP contribution in [0.2, 0.25) is 0 Å². The summed E-state index contributed by atoms with van der Waals surface area (Å²) in [5.74, 6) is 0.646. The second-order valence-electron chi connectivity index (χ2n) is 6.16. The predicted molar refractivity (Wildman–Crippen MR) is 83.4 cm³/mol. The quantitative estimate of drug-likeness (QED) is 0.666. The van der Waals surface area contributed by atoms with Gasteiger partial charge in [-0.3, -0.25) is 10.1 Å². The Kier molecular flexibility index (Phi) is 3.27. The predicted octanol–water partition coefficient (Wildman–Crippen LogP) is 3.99. The zero-order chi connectivity index (χ0) is 15.0. The lowest BCUT2D eigenvalue weighted by atomic mass is 9.92. The minimum atomic E-state index is -0.379. The molecular weight excluding hydrogens is 266 g/mol. The van der Waals surface area contributed by atoms with Crippen molar-refractivity contribution in [3.05, 3.63) is 40.6 Å². The Morgan fingerprint density at radius 2 is 2.14 bits per heavy atom. The lowest BCUT2D eigenvalue weighted by molar-refractivity contribution is -0.383. The number of hydrogen-bond acceptors (Lipinski definition) is 4. The molecule has 1 saturated carbocycles. The van der Waals surface area contributed by atoms with Gasteiger partial charge >= 0.3 is 0 Å². The van der Waals surface area contributed by atoms with Crippen LogP contribution in [0.25, 0.3) is 10.9 Å². The number of nitrogens with zero attached hydrogens (tertiary/aromatic N) is 2. The molecule has 0 aliphatic heterocycles. The van der Waals surface area contributed by atoms with E-state index in [1.165, 1.54) is 18.9 Å². The van der Waals surface area contributed by atoms with Crippen LogP contribution in [0.5, 0.6) is 0 Å². The van der Waals surface area contributed by atoms with E-state index < -0.39 is 0 Å². The zero-order valence-corrected chi connectivity index (χ0v) is 12.3. The average molecular weight is 285 g/mol. The molecule has 1 fully saturated rings. The number of pyridine rings is 1. The number of nitrogens with one attached hydrogen (secondary N) is 1. The SMILES string of the molecule is CC(C)C1(CNc2ccnc3c([N+](=O)[O-])cccc23)CC1. The maximum atomic E-state index is 11.1. The van der Waals surface area contributed by atoms with E-state index >= 15 is 0 Å². The molecule has 0 atom stereocenters. The van der Waals surface area contributed by atoms with Gasteiger partial charge in [-0.1, -0.05) is 26.0 Å². The number of rotatable bonds is 5. The third-order valence-electron chi connectivity index (χ3n) is 4.69. The molecular formula is C16H19N3O2. The first-order valence-electron chi connectivity index (χ1n) is 7.29. The van der Waals surface area contributed by atoms with Crippen molar-refractivity contribution in [2.45, 2.75) is 26.7 Å². The van der Waals surface area contributed by atoms with Gasteiger partial charge in [0.1, 0.15) is 5.52 Å². The first kappa shape index (κ1) is 13.8. The molecule has 0 amide bonds. The highest BCUT2D eigenvalue weighted by Gasteiger charge is 2.44. The molecule has 21 heavy (non-hydrogen) atoms. The van der Waals surface area contributed by atoms with Crippen LogP contribution in [0.4, 0.5) is 11.4 Å². The van der Waals surface area contributed by atoms with Crippen molar-refractivity contribution in [3.63, 3.8) is 0 Å². The van der Waals surface area contributed by atoms with Crippen LogP contribution in [0, 0.1) is 21.4 Å². The summed E-state index contributed by atoms with van der Waals surface area (Å²) in [4.78, 5) is 14.9. The van der Waals surface area contributed by atoms with Crippen molar-refractivity contribution in [3.8, 4) is 0 Å². The average Bonchev–Trinajstić information content (AvgIpc) is 3.25. The van der Waals surface area contributed by atoms with Crippen LogP contribution in [0.15, 0.2) is 30.5 Å². The van der Waals surface area contributed by atoms with Crippen molar-refractivity contribution in [1.82, 2.24) is 4.98 Å². The number of benzene rings is 1. The van der Waals surface area contributed by atoms with Crippen LogP contribution in [0.3, 0.4) is 0 Å². The molecule has 1 aromatic carbocycles. The molecule has 110 valence electrons. The largest absolute Gasteiger partial charge is 0.384 e. The first-order valence-corrected chi connectivity index (χ1v) is 7.29. The number of nitro benzene ring substituents is 1. The normalized spacial score (nSPS) is 16.1. The van der Waals surface area contributed by atoms with Gasteiger partial charge in [0.05, 0.1) is 4.92 Å². The van der Waals surface area contributed by atoms with Crippen molar-refractivity contribution < 1.29 is 4.92 Å². The molecule has 5 nitrogen and oxygen atoms in total. The summed E-state index contributed by atoms with van der Waals surface area (Å²) in [7, 11) is 0. The fourth-order valence-electron chi connectivity index (χ4n) is 2.85. The number of fused-ring (bicyclic) bond motifs is 1. The van der Waals surface area contributed by atoms with E-state index in [0.717, 1.165) is 17.6 Å². The lowest BCUT2D eigenvalue weighted by Gasteiger charge is -2.21. The van der Waals surface area contributed by atoms with Gasteiger partial charge < -0.3 is 5.32 Å². The van der Waals surface area contributed by atoms with Crippen molar-refractivity contribution >= 4 is 22.3 Å². The number of hydrogen-bond donors (Lipinski definition) is 1. The molecule has 0 unspecified atom stereocenters. The topological polar surface area (TPSA) is 68.1 Å². The van der Waals surface area contributed by atoms with Gasteiger partial charge in [0.2, 0.25) is 0 Å². The van der Waals surface area contributed by atoms with Crippen LogP contribution >= 0.6 is 0 Å². The summed E-state index contributed by atoms with van der Waals surface area (Å²) in [5.41, 5.74) is 1.81. The van der Waals surface area contributed by atoms with Gasteiger partial charge in [0.15, 0.2) is 0 Å². The number of aromatic nitrogens is 1. The molecule has 3 rings (SSSR count). The van der Waals surface area contributed by atoms with E-state index in [9.17, 15) is 10.1 Å². The lowest BCUT2D eigenvalue weighted by Crippen LogP contribution is -2.21. The monoisotopic (exact) mass is 285 g/mol. The maximum Gasteiger partial charge on any atom is 0.295 e. The van der Waals surface area contributed by atoms with Crippen molar-refractivity contribution in [2.75, 3.05) is 11.9 Å². The number of non-ortho nitro benzene ring substituents is 1. The maximum absolute atomic E-state index is 11.1. The van der Waals surface area contributed by atoms with E-state index in [1.807, 2.05) is 12.1 Å². The molecule has 1 aliphatic rings. The second-order valence-corrected chi connectivity index (χ2v) is 6.16. The van der Waals surface area contributed by atoms with Gasteiger partial charge in [-0.05, 0) is 30.2 Å². The minimum Gasteiger partial charge on any atom is -0.384 e. The number of anilines is 1. The fraction of sp³-hybridized carbons (Fsp3) is 0.438. The molecule has 2 aromatic rings. The van der Waals surface area contributed by atoms with Crippen LogP contribution in [0.1, 0.15) is 26.7 Å². The van der Waals surface area contributed by atoms with Gasteiger partial charge in [0.25, 0.3) is 5.69 Å². The molecule has 0 radical (unpaired) electrons. The van der Waals surface area contributed by atoms with E-state index in [4.69, 9.17) is 0 Å². The van der Waals surface area contributed by atoms with E-state index in [0.29, 0.717) is 16.8 Å². The Labute approximate surface area is 123 Å². The molecule has 1 aromatic heterocycles. The van der Waals surface area contributed by atoms with Crippen molar-refractivity contribution in [2.24, 2.45) is 11.3 Å². The fourth-order valence-corrected chi connectivity index (χ4v) is 2.85. The molecule has 0 spiro atoms. The van der Waals surface area contributed by atoms with Crippen LogP contribution in [-0.4, -0.2) is 16.5 Å². The molecule has 1 aliphatic carbocycles. The Bertz CT molecular complexity index is 693. The second kappa shape index (κ2) is 4.98. The summed E-state index contributed by atoms with van der Waals surface area (Å²) < 4.78 is 0. The standard InChI is InChI=1S/C16H19N3O2/c1-11(2)16(7-8-16)10-18-13-6-9-17-15-12(13)4-3-5-14(15)19(20)21/h3-6,9,11H,7-8,10H2,1-2H3,(H,17,18). The van der Waals surface area contributed by atoms with Gasteiger partial charge in [-0.2, -0.15) is 0 Å². The number of para-hydroxylation sites is 1. The zero-order valence-electron chi connectivity index (χ0n) is 12.3. The highest BCUT2D eigenvalue weighted by atomic mass is 16.6. The third-order valence-corrected chi connectivity index (χ3v) is 4.69. The van der Waals surface area contributed by atoms with E-state index in [-0.39, 0.29) is 10.6 Å². The molecule has 0 bridgehead atoms. The molecule has 1 N–H and O–H groups in total. The number of nitro groups is 1. The van der Waals surface area contributed by atoms with Gasteiger partial charge in [-0.15, -0.1) is 0 Å². The highest BCUT2D eigenvalue weighted by molar-refractivity contribution is 5.96. The smallest absolute Gasteiger partial charge is 0.295 e. The van der Waals surface area contributed by atoms with Crippen LogP contribution < -0.4 is 5.32 Å². The first-order chi connectivity index (χ1) is 10.0. The van der Waals surface area contributed by atoms with Gasteiger partial charge in [0, 0.05) is 29.9 Å². The summed E-state index contributed by atoms with van der Waals surface area (Å²) in [5, 5.41) is 15.4. The Morgan fingerprint density at radius 1 is 1.38 bits per heavy atom. The molecule has 5 heteroatoms. The Balaban J connectivity index is 1.93. The highest BCUT2D eigenvalue weighted by Crippen LogP contribution is 2.51. The third kappa shape index (κ3) is 2.44. The summed E-state index contributed by atoms with van der Waals surface area (Å²) >= 11 is 0. The van der Waals surface area contributed by atoms with Crippen LogP contribution in [-0.2, 0) is 0 Å². The Hall–Kier alpha value is -2.17. The minimum absolute atomic E-state index is 0.0566. The van der Waals surface area contributed by atoms with Gasteiger partial charge in [-0.25, -0.2) is 4.98 Å². The summed E-state index contributed by atoms with van der Waals surface area (Å²) in [6.45, 7) is 5.42. The Morgan fingerprint density at radius 3 is 2.76 bits per heavy atom. The van der Waals surface area contributed by atoms with E-state index in [1.54, 1.807) is 12.3 Å². The van der Waals surface area contributed by atoms with E-state index in [2.05, 4.69) is 24.1 Å². The summed E-state index contributed by atoms with van der Waals surface area (Å²) in [6.07, 6.45) is 4.13. The van der Waals surface area contributed by atoms with Crippen molar-refractivity contribution in [1.29, 1.82) is 0 Å².